The number of hydrogen-bond acceptors (Lipinski definition) is 5. The predicted molar refractivity (Wildman–Crippen MR) is 124 cm³/mol. The quantitative estimate of drug-likeness (QED) is 0.249. The summed E-state index contributed by atoms with van der Waals surface area (Å²) in [6.45, 7) is 7.08. The van der Waals surface area contributed by atoms with Crippen LogP contribution in [0, 0.1) is 0 Å². The van der Waals surface area contributed by atoms with Crippen LogP contribution in [0.3, 0.4) is 0 Å². The van der Waals surface area contributed by atoms with Gasteiger partial charge in [0.15, 0.2) is 0 Å². The summed E-state index contributed by atoms with van der Waals surface area (Å²) in [7, 11) is 0. The van der Waals surface area contributed by atoms with Gasteiger partial charge in [0.05, 0.1) is 24.3 Å². The number of amides is 1. The zero-order chi connectivity index (χ0) is 23.3. The second-order valence-corrected chi connectivity index (χ2v) is 8.21. The summed E-state index contributed by atoms with van der Waals surface area (Å²) >= 11 is 6.04. The molecule has 0 bridgehead atoms. The van der Waals surface area contributed by atoms with Gasteiger partial charge in [0.2, 0.25) is 0 Å². The van der Waals surface area contributed by atoms with Crippen LogP contribution < -0.4 is 4.74 Å². The topological polar surface area (TPSA) is 76.1 Å². The molecule has 0 aliphatic carbocycles. The molecule has 3 rings (SSSR count). The lowest BCUT2D eigenvalue weighted by Crippen LogP contribution is -2.31. The molecule has 32 heavy (non-hydrogen) atoms. The van der Waals surface area contributed by atoms with Gasteiger partial charge in [-0.15, -0.1) is 0 Å². The number of rotatable bonds is 9. The van der Waals surface area contributed by atoms with Crippen molar-refractivity contribution in [3.63, 3.8) is 0 Å². The highest BCUT2D eigenvalue weighted by Gasteiger charge is 2.45. The minimum atomic E-state index is -0.710. The molecule has 1 amide bonds. The minimum Gasteiger partial charge on any atom is -0.507 e. The number of likely N-dealkylation sites (tertiary alicyclic amines) is 1. The molecule has 0 spiro atoms. The number of carbonyl (C=O) groups is 2. The van der Waals surface area contributed by atoms with Crippen molar-refractivity contribution in [3.05, 3.63) is 70.3 Å². The van der Waals surface area contributed by atoms with Crippen LogP contribution in [-0.2, 0) is 14.3 Å². The second-order valence-electron chi connectivity index (χ2n) is 7.77. The molecule has 0 radical (unpaired) electrons. The highest BCUT2D eigenvalue weighted by molar-refractivity contribution is 6.46. The van der Waals surface area contributed by atoms with E-state index in [-0.39, 0.29) is 17.4 Å². The van der Waals surface area contributed by atoms with Crippen LogP contribution in [0.15, 0.2) is 54.1 Å². The van der Waals surface area contributed by atoms with Crippen molar-refractivity contribution >= 4 is 29.1 Å². The van der Waals surface area contributed by atoms with Crippen molar-refractivity contribution in [2.75, 3.05) is 19.8 Å². The molecule has 1 atom stereocenters. The molecule has 1 fully saturated rings. The van der Waals surface area contributed by atoms with Gasteiger partial charge in [-0.3, -0.25) is 9.59 Å². The van der Waals surface area contributed by atoms with Crippen molar-refractivity contribution in [3.8, 4) is 5.75 Å². The fraction of sp³-hybridized carbons (Fsp3) is 0.360. The molecular weight excluding hydrogens is 430 g/mol. The summed E-state index contributed by atoms with van der Waals surface area (Å²) in [4.78, 5) is 27.4. The lowest BCUT2D eigenvalue weighted by atomic mass is 9.95. The molecule has 1 N–H and O–H groups in total. The van der Waals surface area contributed by atoms with Gasteiger partial charge in [0, 0.05) is 23.7 Å². The molecule has 170 valence electrons. The lowest BCUT2D eigenvalue weighted by molar-refractivity contribution is -0.140. The van der Waals surface area contributed by atoms with Crippen LogP contribution in [0.1, 0.15) is 44.4 Å². The first kappa shape index (κ1) is 23.8. The molecule has 2 aromatic carbocycles. The fourth-order valence-electron chi connectivity index (χ4n) is 3.69. The molecule has 1 aliphatic rings. The van der Waals surface area contributed by atoms with Gasteiger partial charge < -0.3 is 19.5 Å². The number of halogens is 1. The Labute approximate surface area is 193 Å². The van der Waals surface area contributed by atoms with E-state index in [9.17, 15) is 14.7 Å². The number of ether oxygens (including phenoxy) is 2. The standard InChI is InChI=1S/C25H28ClNO5/c1-4-31-20-12-8-18(9-13-20)23(28)21-22(17-6-10-19(26)11-7-17)27(25(30)24(21)29)14-5-15-32-16(2)3/h6-13,16,22,28H,4-5,14-15H2,1-3H3/t22-/m1/s1. The number of nitrogens with zero attached hydrogens (tertiary/aromatic N) is 1. The Morgan fingerprint density at radius 3 is 2.34 bits per heavy atom. The van der Waals surface area contributed by atoms with E-state index in [2.05, 4.69) is 0 Å². The maximum atomic E-state index is 13.0. The SMILES string of the molecule is CCOc1ccc(C(O)=C2C(=O)C(=O)N(CCCOC(C)C)[C@@H]2c2ccc(Cl)cc2)cc1. The van der Waals surface area contributed by atoms with Gasteiger partial charge in [0.1, 0.15) is 11.5 Å². The number of ketones is 1. The molecule has 1 saturated heterocycles. The molecule has 6 nitrogen and oxygen atoms in total. The van der Waals surface area contributed by atoms with Gasteiger partial charge in [-0.25, -0.2) is 0 Å². The van der Waals surface area contributed by atoms with E-state index in [0.29, 0.717) is 48.1 Å². The Balaban J connectivity index is 1.99. The number of aliphatic hydroxyl groups is 1. The highest BCUT2D eigenvalue weighted by Crippen LogP contribution is 2.39. The Hall–Kier alpha value is -2.83. The third kappa shape index (κ3) is 5.31. The molecule has 2 aromatic rings. The third-order valence-electron chi connectivity index (χ3n) is 5.16. The van der Waals surface area contributed by atoms with Gasteiger partial charge in [-0.1, -0.05) is 23.7 Å². The monoisotopic (exact) mass is 457 g/mol. The van der Waals surface area contributed by atoms with Gasteiger partial charge >= 0.3 is 0 Å². The Morgan fingerprint density at radius 1 is 1.09 bits per heavy atom. The average Bonchev–Trinajstić information content (AvgIpc) is 3.02. The molecule has 0 saturated carbocycles. The number of aliphatic hydroxyl groups excluding tert-OH is 1. The summed E-state index contributed by atoms with van der Waals surface area (Å²) < 4.78 is 11.0. The first-order chi connectivity index (χ1) is 15.3. The van der Waals surface area contributed by atoms with E-state index >= 15 is 0 Å². The Bertz CT molecular complexity index is 982. The van der Waals surface area contributed by atoms with Crippen LogP contribution in [0.25, 0.3) is 5.76 Å². The summed E-state index contributed by atoms with van der Waals surface area (Å²) in [5.74, 6) is -0.903. The first-order valence-corrected chi connectivity index (χ1v) is 11.1. The van der Waals surface area contributed by atoms with E-state index in [0.717, 1.165) is 0 Å². The number of benzene rings is 2. The van der Waals surface area contributed by atoms with E-state index in [1.54, 1.807) is 48.5 Å². The Kier molecular flexibility index (Phi) is 7.94. The third-order valence-corrected chi connectivity index (χ3v) is 5.41. The summed E-state index contributed by atoms with van der Waals surface area (Å²) in [5, 5.41) is 11.6. The van der Waals surface area contributed by atoms with Crippen LogP contribution in [-0.4, -0.2) is 47.6 Å². The van der Waals surface area contributed by atoms with Crippen molar-refractivity contribution in [2.45, 2.75) is 39.3 Å². The van der Waals surface area contributed by atoms with E-state index in [1.165, 1.54) is 4.90 Å². The summed E-state index contributed by atoms with van der Waals surface area (Å²) in [6, 6.07) is 13.0. The molecule has 0 aromatic heterocycles. The van der Waals surface area contributed by atoms with Crippen LogP contribution >= 0.6 is 11.6 Å². The van der Waals surface area contributed by atoms with E-state index < -0.39 is 17.7 Å². The van der Waals surface area contributed by atoms with Gasteiger partial charge in [-0.05, 0) is 69.2 Å². The normalized spacial score (nSPS) is 17.9. The Morgan fingerprint density at radius 2 is 1.75 bits per heavy atom. The number of carbonyl (C=O) groups excluding carboxylic acids is 2. The van der Waals surface area contributed by atoms with Crippen molar-refractivity contribution < 1.29 is 24.2 Å². The maximum Gasteiger partial charge on any atom is 0.295 e. The molecule has 1 aliphatic heterocycles. The minimum absolute atomic E-state index is 0.0614. The second kappa shape index (κ2) is 10.7. The summed E-state index contributed by atoms with van der Waals surface area (Å²) in [6.07, 6.45) is 0.649. The molecule has 0 unspecified atom stereocenters. The highest BCUT2D eigenvalue weighted by atomic mass is 35.5. The zero-order valence-corrected chi connectivity index (χ0v) is 19.3. The zero-order valence-electron chi connectivity index (χ0n) is 18.5. The van der Waals surface area contributed by atoms with Crippen molar-refractivity contribution in [1.82, 2.24) is 4.90 Å². The van der Waals surface area contributed by atoms with Crippen LogP contribution in [0.5, 0.6) is 5.75 Å². The number of hydrogen-bond donors (Lipinski definition) is 1. The van der Waals surface area contributed by atoms with E-state index in [4.69, 9.17) is 21.1 Å². The largest absolute Gasteiger partial charge is 0.507 e. The van der Waals surface area contributed by atoms with Gasteiger partial charge in [-0.2, -0.15) is 0 Å². The van der Waals surface area contributed by atoms with E-state index in [1.807, 2.05) is 20.8 Å². The van der Waals surface area contributed by atoms with Crippen LogP contribution in [0.4, 0.5) is 0 Å². The molecule has 7 heteroatoms. The van der Waals surface area contributed by atoms with Crippen molar-refractivity contribution in [1.29, 1.82) is 0 Å². The molecular formula is C25H28ClNO5. The maximum absolute atomic E-state index is 13.0. The summed E-state index contributed by atoms with van der Waals surface area (Å²) in [5.41, 5.74) is 1.20. The number of Topliss-reactive ketones (excluding diaryl/α,β-unsaturated/α-hetero) is 1. The first-order valence-electron chi connectivity index (χ1n) is 10.7. The van der Waals surface area contributed by atoms with Crippen molar-refractivity contribution in [2.24, 2.45) is 0 Å². The average molecular weight is 458 g/mol. The fourth-order valence-corrected chi connectivity index (χ4v) is 3.81. The lowest BCUT2D eigenvalue weighted by Gasteiger charge is -2.25. The van der Waals surface area contributed by atoms with Crippen LogP contribution in [0.2, 0.25) is 5.02 Å². The molecule has 1 heterocycles. The predicted octanol–water partition coefficient (Wildman–Crippen LogP) is 4.98. The van der Waals surface area contributed by atoms with Gasteiger partial charge in [0.25, 0.3) is 11.7 Å². The smallest absolute Gasteiger partial charge is 0.295 e.